The number of rotatable bonds is 7. The predicted molar refractivity (Wildman–Crippen MR) is 83.9 cm³/mol. The van der Waals surface area contributed by atoms with Crippen LogP contribution >= 0.6 is 0 Å². The molecule has 108 valence electrons. The van der Waals surface area contributed by atoms with E-state index in [4.69, 9.17) is 0 Å². The van der Waals surface area contributed by atoms with Gasteiger partial charge in [-0.1, -0.05) is 33.1 Å². The number of nitrogens with one attached hydrogen (secondary N) is 2. The molecular formula is C17H24N2O. The second-order valence-electron chi connectivity index (χ2n) is 5.41. The fourth-order valence-electron chi connectivity index (χ4n) is 2.48. The van der Waals surface area contributed by atoms with E-state index in [0.29, 0.717) is 5.92 Å². The van der Waals surface area contributed by atoms with Gasteiger partial charge in [-0.25, -0.2) is 0 Å². The Morgan fingerprint density at radius 2 is 2.15 bits per heavy atom. The Hall–Kier alpha value is -1.77. The second-order valence-corrected chi connectivity index (χ2v) is 5.41. The molecule has 0 aliphatic rings. The Kier molecular flexibility index (Phi) is 5.22. The van der Waals surface area contributed by atoms with Crippen molar-refractivity contribution in [2.45, 2.75) is 39.5 Å². The first-order valence-electron chi connectivity index (χ1n) is 7.60. The van der Waals surface area contributed by atoms with Crippen LogP contribution in [-0.2, 0) is 0 Å². The lowest BCUT2D eigenvalue weighted by atomic mass is 9.99. The normalized spacial score (nSPS) is 12.5. The quantitative estimate of drug-likeness (QED) is 0.782. The number of carbonyl (C=O) groups excluding carboxylic acids is 1. The number of aromatic nitrogens is 1. The number of fused-ring (bicyclic) bond motifs is 1. The van der Waals surface area contributed by atoms with Gasteiger partial charge in [0, 0.05) is 29.2 Å². The molecule has 0 saturated heterocycles. The van der Waals surface area contributed by atoms with Gasteiger partial charge in [0.25, 0.3) is 5.91 Å². The highest BCUT2D eigenvalue weighted by atomic mass is 16.1. The summed E-state index contributed by atoms with van der Waals surface area (Å²) < 4.78 is 0. The van der Waals surface area contributed by atoms with E-state index >= 15 is 0 Å². The molecule has 0 unspecified atom stereocenters. The molecule has 20 heavy (non-hydrogen) atoms. The molecule has 1 aromatic carbocycles. The highest BCUT2D eigenvalue weighted by molar-refractivity contribution is 5.98. The third-order valence-corrected chi connectivity index (χ3v) is 3.91. The molecule has 0 saturated carbocycles. The number of amides is 1. The number of hydrogen-bond acceptors (Lipinski definition) is 1. The van der Waals surface area contributed by atoms with Crippen LogP contribution in [0.15, 0.2) is 30.5 Å². The summed E-state index contributed by atoms with van der Waals surface area (Å²) in [6.07, 6.45) is 6.67. The van der Waals surface area contributed by atoms with E-state index in [1.165, 1.54) is 19.3 Å². The van der Waals surface area contributed by atoms with Crippen molar-refractivity contribution in [3.05, 3.63) is 36.0 Å². The summed E-state index contributed by atoms with van der Waals surface area (Å²) >= 11 is 0. The third kappa shape index (κ3) is 3.62. The molecule has 2 rings (SSSR count). The topological polar surface area (TPSA) is 44.9 Å². The van der Waals surface area contributed by atoms with E-state index in [-0.39, 0.29) is 5.91 Å². The summed E-state index contributed by atoms with van der Waals surface area (Å²) in [5.41, 5.74) is 1.80. The zero-order valence-electron chi connectivity index (χ0n) is 12.4. The number of H-pyrrole nitrogens is 1. The standard InChI is InChI=1S/C17H24N2O/c1-3-5-6-13(4-2)12-19-17(20)15-7-8-16-14(11-15)9-10-18-16/h7-11,13,18H,3-6,12H2,1-2H3,(H,19,20)/t13-/m0/s1. The minimum absolute atomic E-state index is 0.0306. The van der Waals surface area contributed by atoms with Crippen molar-refractivity contribution in [1.82, 2.24) is 10.3 Å². The molecule has 1 amide bonds. The van der Waals surface area contributed by atoms with Gasteiger partial charge in [-0.15, -0.1) is 0 Å². The highest BCUT2D eigenvalue weighted by Crippen LogP contribution is 2.15. The molecular weight excluding hydrogens is 248 g/mol. The van der Waals surface area contributed by atoms with Crippen molar-refractivity contribution in [2.24, 2.45) is 5.92 Å². The van der Waals surface area contributed by atoms with Crippen LogP contribution in [0.2, 0.25) is 0 Å². The summed E-state index contributed by atoms with van der Waals surface area (Å²) in [7, 11) is 0. The lowest BCUT2D eigenvalue weighted by molar-refractivity contribution is 0.0946. The maximum Gasteiger partial charge on any atom is 0.251 e. The Balaban J connectivity index is 1.93. The first kappa shape index (κ1) is 14.6. The molecule has 0 aliphatic carbocycles. The van der Waals surface area contributed by atoms with Crippen LogP contribution < -0.4 is 5.32 Å². The Bertz CT molecular complexity index is 559. The minimum atomic E-state index is 0.0306. The van der Waals surface area contributed by atoms with Gasteiger partial charge in [0.05, 0.1) is 0 Å². The van der Waals surface area contributed by atoms with Crippen molar-refractivity contribution in [3.8, 4) is 0 Å². The summed E-state index contributed by atoms with van der Waals surface area (Å²) in [6, 6.07) is 7.76. The fourth-order valence-corrected chi connectivity index (χ4v) is 2.48. The number of unbranched alkanes of at least 4 members (excludes halogenated alkanes) is 1. The SMILES string of the molecule is CCCC[C@H](CC)CNC(=O)c1ccc2[nH]ccc2c1. The zero-order chi connectivity index (χ0) is 14.4. The van der Waals surface area contributed by atoms with Crippen molar-refractivity contribution in [3.63, 3.8) is 0 Å². The molecule has 0 fully saturated rings. The average Bonchev–Trinajstić information content (AvgIpc) is 2.94. The van der Waals surface area contributed by atoms with Gasteiger partial charge in [-0.2, -0.15) is 0 Å². The van der Waals surface area contributed by atoms with Gasteiger partial charge >= 0.3 is 0 Å². The zero-order valence-corrected chi connectivity index (χ0v) is 12.4. The average molecular weight is 272 g/mol. The van der Waals surface area contributed by atoms with E-state index in [1.807, 2.05) is 30.5 Å². The Morgan fingerprint density at radius 3 is 2.90 bits per heavy atom. The lowest BCUT2D eigenvalue weighted by Crippen LogP contribution is -2.29. The highest BCUT2D eigenvalue weighted by Gasteiger charge is 2.10. The van der Waals surface area contributed by atoms with Gasteiger partial charge < -0.3 is 10.3 Å². The molecule has 1 aromatic heterocycles. The van der Waals surface area contributed by atoms with Gasteiger partial charge in [-0.3, -0.25) is 4.79 Å². The number of aromatic amines is 1. The van der Waals surface area contributed by atoms with Gasteiger partial charge in [-0.05, 0) is 36.6 Å². The van der Waals surface area contributed by atoms with Crippen molar-refractivity contribution >= 4 is 16.8 Å². The molecule has 0 bridgehead atoms. The van der Waals surface area contributed by atoms with Crippen molar-refractivity contribution in [2.75, 3.05) is 6.54 Å². The van der Waals surface area contributed by atoms with Gasteiger partial charge in [0.15, 0.2) is 0 Å². The second kappa shape index (κ2) is 7.13. The minimum Gasteiger partial charge on any atom is -0.361 e. The summed E-state index contributed by atoms with van der Waals surface area (Å²) in [6.45, 7) is 5.18. The molecule has 2 aromatic rings. The first-order chi connectivity index (χ1) is 9.74. The van der Waals surface area contributed by atoms with E-state index < -0.39 is 0 Å². The van der Waals surface area contributed by atoms with Crippen LogP contribution in [0.3, 0.4) is 0 Å². The third-order valence-electron chi connectivity index (χ3n) is 3.91. The van der Waals surface area contributed by atoms with Crippen molar-refractivity contribution < 1.29 is 4.79 Å². The first-order valence-corrected chi connectivity index (χ1v) is 7.60. The van der Waals surface area contributed by atoms with E-state index in [0.717, 1.165) is 29.4 Å². The molecule has 0 radical (unpaired) electrons. The molecule has 0 aliphatic heterocycles. The van der Waals surface area contributed by atoms with Crippen molar-refractivity contribution in [1.29, 1.82) is 0 Å². The Labute approximate surface area is 120 Å². The molecule has 0 spiro atoms. The van der Waals surface area contributed by atoms with Crippen LogP contribution in [0.5, 0.6) is 0 Å². The van der Waals surface area contributed by atoms with Crippen LogP contribution in [0.1, 0.15) is 49.9 Å². The Morgan fingerprint density at radius 1 is 1.30 bits per heavy atom. The number of benzene rings is 1. The predicted octanol–water partition coefficient (Wildman–Crippen LogP) is 4.11. The largest absolute Gasteiger partial charge is 0.361 e. The van der Waals surface area contributed by atoms with E-state index in [9.17, 15) is 4.79 Å². The van der Waals surface area contributed by atoms with Crippen LogP contribution in [0.4, 0.5) is 0 Å². The molecule has 1 atom stereocenters. The fraction of sp³-hybridized carbons (Fsp3) is 0.471. The van der Waals surface area contributed by atoms with E-state index in [2.05, 4.69) is 24.1 Å². The van der Waals surface area contributed by atoms with Gasteiger partial charge in [0.2, 0.25) is 0 Å². The van der Waals surface area contributed by atoms with E-state index in [1.54, 1.807) is 0 Å². The molecule has 2 N–H and O–H groups in total. The summed E-state index contributed by atoms with van der Waals surface area (Å²) in [5.74, 6) is 0.623. The van der Waals surface area contributed by atoms with Crippen LogP contribution in [-0.4, -0.2) is 17.4 Å². The number of hydrogen-bond donors (Lipinski definition) is 2. The lowest BCUT2D eigenvalue weighted by Gasteiger charge is -2.15. The summed E-state index contributed by atoms with van der Waals surface area (Å²) in [4.78, 5) is 15.3. The summed E-state index contributed by atoms with van der Waals surface area (Å²) in [5, 5.41) is 4.15. The smallest absolute Gasteiger partial charge is 0.251 e. The maximum absolute atomic E-state index is 12.2. The number of carbonyl (C=O) groups is 1. The molecule has 3 nitrogen and oxygen atoms in total. The molecule has 1 heterocycles. The molecule has 3 heteroatoms. The monoisotopic (exact) mass is 272 g/mol. The maximum atomic E-state index is 12.2. The van der Waals surface area contributed by atoms with Crippen LogP contribution in [0, 0.1) is 5.92 Å². The van der Waals surface area contributed by atoms with Gasteiger partial charge in [0.1, 0.15) is 0 Å². The van der Waals surface area contributed by atoms with Crippen LogP contribution in [0.25, 0.3) is 10.9 Å².